The molecule has 3 aliphatic rings. The summed E-state index contributed by atoms with van der Waals surface area (Å²) < 4.78 is 5.48. The van der Waals surface area contributed by atoms with Gasteiger partial charge < -0.3 is 19.9 Å². The van der Waals surface area contributed by atoms with Crippen molar-refractivity contribution >= 4 is 29.2 Å². The third kappa shape index (κ3) is 4.11. The first kappa shape index (κ1) is 21.9. The Morgan fingerprint density at radius 3 is 2.55 bits per heavy atom. The average molecular weight is 449 g/mol. The zero-order valence-corrected chi connectivity index (χ0v) is 19.7. The molecule has 4 heterocycles. The van der Waals surface area contributed by atoms with Crippen molar-refractivity contribution in [2.45, 2.75) is 39.7 Å². The Labute approximate surface area is 194 Å². The smallest absolute Gasteiger partial charge is 0.256 e. The van der Waals surface area contributed by atoms with E-state index in [0.717, 1.165) is 91.6 Å². The third-order valence-electron chi connectivity index (χ3n) is 7.25. The van der Waals surface area contributed by atoms with E-state index in [1.165, 1.54) is 0 Å². The quantitative estimate of drug-likeness (QED) is 0.706. The van der Waals surface area contributed by atoms with Crippen molar-refractivity contribution in [2.75, 3.05) is 44.7 Å². The van der Waals surface area contributed by atoms with Crippen molar-refractivity contribution in [2.24, 2.45) is 0 Å². The highest BCUT2D eigenvalue weighted by Crippen LogP contribution is 2.35. The second kappa shape index (κ2) is 8.80. The number of amides is 2. The highest BCUT2D eigenvalue weighted by atomic mass is 16.5. The summed E-state index contributed by atoms with van der Waals surface area (Å²) in [6.45, 7) is 11.1. The Kier molecular flexibility index (Phi) is 5.85. The van der Waals surface area contributed by atoms with E-state index >= 15 is 0 Å². The van der Waals surface area contributed by atoms with Gasteiger partial charge in [0.15, 0.2) is 0 Å². The van der Waals surface area contributed by atoms with Gasteiger partial charge in [-0.15, -0.1) is 0 Å². The first-order chi connectivity index (χ1) is 15.9. The lowest BCUT2D eigenvalue weighted by Crippen LogP contribution is -2.50. The summed E-state index contributed by atoms with van der Waals surface area (Å²) >= 11 is 0. The summed E-state index contributed by atoms with van der Waals surface area (Å²) in [6, 6.07) is 6.49. The number of nitrogens with zero attached hydrogens (tertiary/aromatic N) is 2. The molecule has 1 aromatic carbocycles. The molecule has 2 amide bonds. The summed E-state index contributed by atoms with van der Waals surface area (Å²) in [5, 5.41) is 2.93. The fourth-order valence-electron chi connectivity index (χ4n) is 5.36. The summed E-state index contributed by atoms with van der Waals surface area (Å²) in [7, 11) is 0. The number of ether oxygens (including phenoxy) is 1. The molecule has 0 atom stereocenters. The maximum atomic E-state index is 13.5. The van der Waals surface area contributed by atoms with Crippen LogP contribution in [0.15, 0.2) is 18.2 Å². The lowest BCUT2D eigenvalue weighted by atomic mass is 10.00. The number of anilines is 1. The van der Waals surface area contributed by atoms with E-state index in [9.17, 15) is 9.59 Å². The molecule has 1 aromatic heterocycles. The zero-order chi connectivity index (χ0) is 23.1. The van der Waals surface area contributed by atoms with Crippen molar-refractivity contribution in [1.82, 2.24) is 14.8 Å². The molecular formula is C26H32N4O3. The Hall–Kier alpha value is -2.90. The van der Waals surface area contributed by atoms with Crippen LogP contribution in [0.25, 0.3) is 11.6 Å². The number of rotatable bonds is 3. The van der Waals surface area contributed by atoms with Crippen LogP contribution in [-0.2, 0) is 9.53 Å². The van der Waals surface area contributed by atoms with Crippen LogP contribution in [0.2, 0.25) is 0 Å². The van der Waals surface area contributed by atoms with E-state index in [1.807, 2.05) is 49.9 Å². The maximum absolute atomic E-state index is 13.5. The number of nitrogens with one attached hydrogen (secondary N) is 2. The summed E-state index contributed by atoms with van der Waals surface area (Å²) in [4.78, 5) is 33.9. The van der Waals surface area contributed by atoms with E-state index in [2.05, 4.69) is 15.2 Å². The number of aromatic amines is 1. The normalized spacial score (nSPS) is 20.9. The van der Waals surface area contributed by atoms with Gasteiger partial charge in [0.2, 0.25) is 0 Å². The summed E-state index contributed by atoms with van der Waals surface area (Å²) in [5.41, 5.74) is 6.77. The largest absolute Gasteiger partial charge is 0.379 e. The highest BCUT2D eigenvalue weighted by molar-refractivity contribution is 6.35. The van der Waals surface area contributed by atoms with Crippen molar-refractivity contribution in [1.29, 1.82) is 0 Å². The Balaban J connectivity index is 1.35. The van der Waals surface area contributed by atoms with Gasteiger partial charge >= 0.3 is 0 Å². The number of aryl methyl sites for hydroxylation is 2. The molecule has 2 saturated heterocycles. The number of benzene rings is 1. The molecule has 0 unspecified atom stereocenters. The fourth-order valence-corrected chi connectivity index (χ4v) is 5.36. The van der Waals surface area contributed by atoms with Crippen LogP contribution in [0, 0.1) is 20.8 Å². The number of H-pyrrole nitrogens is 1. The van der Waals surface area contributed by atoms with Gasteiger partial charge in [0.1, 0.15) is 0 Å². The molecule has 0 spiro atoms. The number of carbonyl (C=O) groups excluding carboxylic acids is 2. The zero-order valence-electron chi connectivity index (χ0n) is 19.7. The maximum Gasteiger partial charge on any atom is 0.256 e. The van der Waals surface area contributed by atoms with E-state index in [0.29, 0.717) is 11.6 Å². The molecule has 0 saturated carbocycles. The number of likely N-dealkylation sites (tertiary alicyclic amines) is 1. The topological polar surface area (TPSA) is 77.7 Å². The van der Waals surface area contributed by atoms with Gasteiger partial charge in [-0.25, -0.2) is 0 Å². The van der Waals surface area contributed by atoms with Crippen LogP contribution >= 0.6 is 0 Å². The van der Waals surface area contributed by atoms with Gasteiger partial charge in [-0.2, -0.15) is 0 Å². The molecule has 2 aromatic rings. The fraction of sp³-hybridized carbons (Fsp3) is 0.462. The van der Waals surface area contributed by atoms with Crippen LogP contribution in [0.3, 0.4) is 0 Å². The number of piperidine rings is 1. The minimum absolute atomic E-state index is 0.0819. The van der Waals surface area contributed by atoms with Crippen LogP contribution < -0.4 is 5.32 Å². The molecule has 0 bridgehead atoms. The van der Waals surface area contributed by atoms with Crippen LogP contribution in [0.1, 0.15) is 51.3 Å². The molecule has 174 valence electrons. The second-order valence-electron chi connectivity index (χ2n) is 9.40. The van der Waals surface area contributed by atoms with E-state index in [1.54, 1.807) is 0 Å². The van der Waals surface area contributed by atoms with Gasteiger partial charge in [-0.3, -0.25) is 14.5 Å². The van der Waals surface area contributed by atoms with Crippen molar-refractivity contribution in [3.05, 3.63) is 51.8 Å². The number of morpholine rings is 1. The minimum atomic E-state index is -0.111. The molecule has 3 aliphatic heterocycles. The number of carbonyl (C=O) groups is 2. The lowest BCUT2D eigenvalue weighted by Gasteiger charge is -2.40. The molecule has 2 N–H and O–H groups in total. The lowest BCUT2D eigenvalue weighted by molar-refractivity contribution is -0.110. The second-order valence-corrected chi connectivity index (χ2v) is 9.40. The number of hydrogen-bond acceptors (Lipinski definition) is 4. The van der Waals surface area contributed by atoms with Crippen LogP contribution in [-0.4, -0.2) is 72.0 Å². The van der Waals surface area contributed by atoms with E-state index in [4.69, 9.17) is 4.74 Å². The van der Waals surface area contributed by atoms with Gasteiger partial charge in [0, 0.05) is 54.9 Å². The van der Waals surface area contributed by atoms with Crippen molar-refractivity contribution < 1.29 is 14.3 Å². The molecule has 7 heteroatoms. The van der Waals surface area contributed by atoms with Crippen molar-refractivity contribution in [3.8, 4) is 0 Å². The molecule has 7 nitrogen and oxygen atoms in total. The average Bonchev–Trinajstić information content (AvgIpc) is 3.28. The standard InChI is InChI=1S/C26H32N4O3/c1-16-4-5-22-20(14-16)21(25(31)28-22)15-23-17(2)24(18(3)27-23)26(32)30-8-6-19(7-9-30)29-10-12-33-13-11-29/h4-5,14-15,19,27H,6-13H2,1-3H3,(H,28,31)/b21-15-. The van der Waals surface area contributed by atoms with Crippen LogP contribution in [0.5, 0.6) is 0 Å². The summed E-state index contributed by atoms with van der Waals surface area (Å²) in [6.07, 6.45) is 3.88. The molecule has 2 fully saturated rings. The van der Waals surface area contributed by atoms with Crippen molar-refractivity contribution in [3.63, 3.8) is 0 Å². The van der Waals surface area contributed by atoms with E-state index < -0.39 is 0 Å². The molecule has 5 rings (SSSR count). The number of hydrogen-bond donors (Lipinski definition) is 2. The first-order valence-corrected chi connectivity index (χ1v) is 11.9. The number of aromatic nitrogens is 1. The minimum Gasteiger partial charge on any atom is -0.379 e. The third-order valence-corrected chi connectivity index (χ3v) is 7.25. The highest BCUT2D eigenvalue weighted by Gasteiger charge is 2.31. The molecule has 0 aliphatic carbocycles. The first-order valence-electron chi connectivity index (χ1n) is 11.9. The van der Waals surface area contributed by atoms with Crippen LogP contribution in [0.4, 0.5) is 5.69 Å². The van der Waals surface area contributed by atoms with E-state index in [-0.39, 0.29) is 11.8 Å². The van der Waals surface area contributed by atoms with Gasteiger partial charge in [-0.1, -0.05) is 11.6 Å². The molecule has 0 radical (unpaired) electrons. The molecule has 33 heavy (non-hydrogen) atoms. The SMILES string of the molecule is Cc1ccc2c(c1)/C(=C/c1[nH]c(C)c(C(=O)N3CCC(N4CCOCC4)CC3)c1C)C(=O)N2. The Morgan fingerprint density at radius 1 is 1.09 bits per heavy atom. The molecular weight excluding hydrogens is 416 g/mol. The van der Waals surface area contributed by atoms with Gasteiger partial charge in [-0.05, 0) is 57.4 Å². The Morgan fingerprint density at radius 2 is 1.82 bits per heavy atom. The Bertz CT molecular complexity index is 1120. The number of fused-ring (bicyclic) bond motifs is 1. The monoisotopic (exact) mass is 448 g/mol. The van der Waals surface area contributed by atoms with Gasteiger partial charge in [0.05, 0.1) is 24.4 Å². The predicted molar refractivity (Wildman–Crippen MR) is 129 cm³/mol. The summed E-state index contributed by atoms with van der Waals surface area (Å²) in [5.74, 6) is -0.0289. The predicted octanol–water partition coefficient (Wildman–Crippen LogP) is 3.37. The van der Waals surface area contributed by atoms with Gasteiger partial charge in [0.25, 0.3) is 11.8 Å².